The van der Waals surface area contributed by atoms with E-state index in [2.05, 4.69) is 10.2 Å². The van der Waals surface area contributed by atoms with Crippen molar-refractivity contribution >= 4 is 22.4 Å². The molecule has 2 rings (SSSR count). The van der Waals surface area contributed by atoms with Gasteiger partial charge in [0.05, 0.1) is 0 Å². The van der Waals surface area contributed by atoms with E-state index < -0.39 is 12.0 Å². The van der Waals surface area contributed by atoms with E-state index in [0.29, 0.717) is 6.42 Å². The lowest BCUT2D eigenvalue weighted by Crippen LogP contribution is -2.40. The highest BCUT2D eigenvalue weighted by Crippen LogP contribution is 2.26. The van der Waals surface area contributed by atoms with Crippen LogP contribution in [-0.4, -0.2) is 33.9 Å². The van der Waals surface area contributed by atoms with Crippen LogP contribution in [0.25, 0.3) is 0 Å². The van der Waals surface area contributed by atoms with Crippen molar-refractivity contribution in [2.24, 2.45) is 0 Å². The van der Waals surface area contributed by atoms with Gasteiger partial charge in [-0.25, -0.2) is 4.79 Å². The summed E-state index contributed by atoms with van der Waals surface area (Å²) in [6.07, 6.45) is 3.81. The molecule has 1 fully saturated rings. The Balaban J connectivity index is 2.23. The van der Waals surface area contributed by atoms with E-state index in [1.165, 1.54) is 11.3 Å². The van der Waals surface area contributed by atoms with Gasteiger partial charge in [-0.05, 0) is 19.8 Å². The minimum atomic E-state index is -0.755. The van der Waals surface area contributed by atoms with E-state index in [0.717, 1.165) is 35.9 Å². The Morgan fingerprint density at radius 1 is 1.44 bits per heavy atom. The fourth-order valence-corrected chi connectivity index (χ4v) is 2.76. The van der Waals surface area contributed by atoms with Crippen molar-refractivity contribution in [2.45, 2.75) is 38.6 Å². The number of aliphatic carboxylic acids is 1. The first kappa shape index (κ1) is 11.3. The van der Waals surface area contributed by atoms with Crippen LogP contribution >= 0.6 is 11.3 Å². The van der Waals surface area contributed by atoms with Crippen LogP contribution in [0.15, 0.2) is 0 Å². The summed E-state index contributed by atoms with van der Waals surface area (Å²) in [4.78, 5) is 13.1. The quantitative estimate of drug-likeness (QED) is 0.853. The highest BCUT2D eigenvalue weighted by atomic mass is 32.1. The number of aryl methyl sites for hydroxylation is 1. The lowest BCUT2D eigenvalue weighted by atomic mass is 10.1. The summed E-state index contributed by atoms with van der Waals surface area (Å²) in [7, 11) is 0. The molecular formula is C10H15N3O2S. The minimum Gasteiger partial charge on any atom is -0.480 e. The molecule has 16 heavy (non-hydrogen) atoms. The standard InChI is InChI=1S/C10H15N3O2S/c1-7-11-12-10(16-7)13-6-4-2-3-5-8(13)9(14)15/h8H,2-6H2,1H3,(H,14,15). The van der Waals surface area contributed by atoms with Crippen LogP contribution in [-0.2, 0) is 4.79 Å². The predicted molar refractivity (Wildman–Crippen MR) is 61.9 cm³/mol. The van der Waals surface area contributed by atoms with E-state index in [9.17, 15) is 9.90 Å². The van der Waals surface area contributed by atoms with Crippen LogP contribution < -0.4 is 4.90 Å². The van der Waals surface area contributed by atoms with Crippen molar-refractivity contribution in [2.75, 3.05) is 11.4 Å². The Kier molecular flexibility index (Phi) is 3.38. The normalized spacial score (nSPS) is 21.8. The molecule has 0 aromatic carbocycles. The van der Waals surface area contributed by atoms with Gasteiger partial charge in [0.1, 0.15) is 11.0 Å². The third kappa shape index (κ3) is 2.32. The van der Waals surface area contributed by atoms with Gasteiger partial charge in [-0.3, -0.25) is 0 Å². The Labute approximate surface area is 98.1 Å². The Morgan fingerprint density at radius 2 is 2.25 bits per heavy atom. The molecule has 0 bridgehead atoms. The van der Waals surface area contributed by atoms with Crippen molar-refractivity contribution in [1.82, 2.24) is 10.2 Å². The topological polar surface area (TPSA) is 66.3 Å². The molecule has 0 radical (unpaired) electrons. The maximum absolute atomic E-state index is 11.2. The molecule has 1 unspecified atom stereocenters. The second-order valence-electron chi connectivity index (χ2n) is 4.00. The van der Waals surface area contributed by atoms with Crippen LogP contribution in [0.3, 0.4) is 0 Å². The maximum atomic E-state index is 11.2. The summed E-state index contributed by atoms with van der Waals surface area (Å²) in [6, 6.07) is -0.435. The van der Waals surface area contributed by atoms with E-state index in [4.69, 9.17) is 0 Å². The first-order valence-corrected chi connectivity index (χ1v) is 6.29. The smallest absolute Gasteiger partial charge is 0.326 e. The number of hydrogen-bond donors (Lipinski definition) is 1. The second-order valence-corrected chi connectivity index (χ2v) is 5.16. The molecule has 1 saturated heterocycles. The first-order chi connectivity index (χ1) is 7.68. The van der Waals surface area contributed by atoms with Gasteiger partial charge in [0.25, 0.3) is 0 Å². The van der Waals surface area contributed by atoms with Gasteiger partial charge in [0.15, 0.2) is 0 Å². The number of rotatable bonds is 2. The van der Waals surface area contributed by atoms with Crippen LogP contribution in [0.4, 0.5) is 5.13 Å². The number of hydrogen-bond acceptors (Lipinski definition) is 5. The zero-order valence-electron chi connectivity index (χ0n) is 9.22. The SMILES string of the molecule is Cc1nnc(N2CCCCCC2C(=O)O)s1. The van der Waals surface area contributed by atoms with Gasteiger partial charge in [-0.15, -0.1) is 10.2 Å². The van der Waals surface area contributed by atoms with Crippen LogP contribution in [0.2, 0.25) is 0 Å². The molecule has 88 valence electrons. The van der Waals surface area contributed by atoms with Crippen molar-refractivity contribution in [3.8, 4) is 0 Å². The predicted octanol–water partition coefficient (Wildman–Crippen LogP) is 1.68. The van der Waals surface area contributed by atoms with Gasteiger partial charge >= 0.3 is 5.97 Å². The van der Waals surface area contributed by atoms with Gasteiger partial charge in [0, 0.05) is 6.54 Å². The second kappa shape index (κ2) is 4.78. The monoisotopic (exact) mass is 241 g/mol. The number of carboxylic acids is 1. The van der Waals surface area contributed by atoms with Gasteiger partial charge < -0.3 is 10.0 Å². The maximum Gasteiger partial charge on any atom is 0.326 e. The summed E-state index contributed by atoms with van der Waals surface area (Å²) in [5.41, 5.74) is 0. The van der Waals surface area contributed by atoms with Crippen LogP contribution in [0.5, 0.6) is 0 Å². The van der Waals surface area contributed by atoms with E-state index >= 15 is 0 Å². The van der Waals surface area contributed by atoms with Crippen molar-refractivity contribution < 1.29 is 9.90 Å². The van der Waals surface area contributed by atoms with E-state index in [1.807, 2.05) is 11.8 Å². The molecule has 1 aromatic rings. The molecule has 2 heterocycles. The molecule has 1 aliphatic heterocycles. The largest absolute Gasteiger partial charge is 0.480 e. The third-order valence-corrected chi connectivity index (χ3v) is 3.67. The number of anilines is 1. The van der Waals surface area contributed by atoms with Crippen molar-refractivity contribution in [3.05, 3.63) is 5.01 Å². The molecular weight excluding hydrogens is 226 g/mol. The van der Waals surface area contributed by atoms with Gasteiger partial charge in [-0.1, -0.05) is 24.2 Å². The lowest BCUT2D eigenvalue weighted by molar-refractivity contribution is -0.138. The Bertz CT molecular complexity index is 380. The Hall–Kier alpha value is -1.17. The zero-order chi connectivity index (χ0) is 11.5. The summed E-state index contributed by atoms with van der Waals surface area (Å²) in [5, 5.41) is 18.8. The highest BCUT2D eigenvalue weighted by Gasteiger charge is 2.29. The van der Waals surface area contributed by atoms with Crippen LogP contribution in [0, 0.1) is 6.92 Å². The first-order valence-electron chi connectivity index (χ1n) is 5.48. The molecule has 5 nitrogen and oxygen atoms in total. The molecule has 1 aliphatic rings. The molecule has 1 aromatic heterocycles. The number of aromatic nitrogens is 2. The molecule has 0 amide bonds. The number of nitrogens with zero attached hydrogens (tertiary/aromatic N) is 3. The third-order valence-electron chi connectivity index (χ3n) is 2.80. The summed E-state index contributed by atoms with van der Waals surface area (Å²) < 4.78 is 0. The highest BCUT2D eigenvalue weighted by molar-refractivity contribution is 7.15. The molecule has 6 heteroatoms. The Morgan fingerprint density at radius 3 is 2.88 bits per heavy atom. The molecule has 0 spiro atoms. The summed E-state index contributed by atoms with van der Waals surface area (Å²) in [6.45, 7) is 2.65. The number of carboxylic acid groups (broad SMARTS) is 1. The number of carbonyl (C=O) groups is 1. The fourth-order valence-electron chi connectivity index (χ4n) is 2.00. The summed E-state index contributed by atoms with van der Waals surface area (Å²) >= 11 is 1.47. The minimum absolute atomic E-state index is 0.435. The average molecular weight is 241 g/mol. The molecule has 1 N–H and O–H groups in total. The van der Waals surface area contributed by atoms with Crippen LogP contribution in [0.1, 0.15) is 30.7 Å². The average Bonchev–Trinajstić information content (AvgIpc) is 2.54. The zero-order valence-corrected chi connectivity index (χ0v) is 10.0. The lowest BCUT2D eigenvalue weighted by Gasteiger charge is -2.25. The fraction of sp³-hybridized carbons (Fsp3) is 0.700. The van der Waals surface area contributed by atoms with Crippen molar-refractivity contribution in [1.29, 1.82) is 0 Å². The van der Waals surface area contributed by atoms with Gasteiger partial charge in [0.2, 0.25) is 5.13 Å². The molecule has 1 atom stereocenters. The van der Waals surface area contributed by atoms with E-state index in [-0.39, 0.29) is 0 Å². The summed E-state index contributed by atoms with van der Waals surface area (Å²) in [5.74, 6) is -0.755. The molecule has 0 saturated carbocycles. The molecule has 0 aliphatic carbocycles. The van der Waals surface area contributed by atoms with E-state index in [1.54, 1.807) is 0 Å². The van der Waals surface area contributed by atoms with Crippen molar-refractivity contribution in [3.63, 3.8) is 0 Å². The van der Waals surface area contributed by atoms with Gasteiger partial charge in [-0.2, -0.15) is 0 Å².